The molecule has 1 aliphatic rings. The summed E-state index contributed by atoms with van der Waals surface area (Å²) in [5.41, 5.74) is 2.81. The Morgan fingerprint density at radius 2 is 1.95 bits per heavy atom. The highest BCUT2D eigenvalue weighted by atomic mass is 32.2. The number of hydrogen-bond donors (Lipinski definition) is 0. The highest BCUT2D eigenvalue weighted by Crippen LogP contribution is 2.35. The largest absolute Gasteiger partial charge is 0.495 e. The van der Waals surface area contributed by atoms with Gasteiger partial charge in [-0.25, -0.2) is 8.42 Å². The van der Waals surface area contributed by atoms with Gasteiger partial charge in [0.25, 0.3) is 10.0 Å². The number of anilines is 1. The lowest BCUT2D eigenvalue weighted by Crippen LogP contribution is -2.29. The molecule has 0 aliphatic carbocycles. The molecule has 3 rings (SSSR count). The molecule has 2 aromatic rings. The summed E-state index contributed by atoms with van der Waals surface area (Å²) < 4.78 is 32.9. The molecular weight excluding hydrogens is 298 g/mol. The van der Waals surface area contributed by atoms with Crippen LogP contribution in [-0.4, -0.2) is 22.1 Å². The normalized spacial score (nSPS) is 14.0. The molecule has 1 aliphatic heterocycles. The summed E-state index contributed by atoms with van der Waals surface area (Å²) >= 11 is 0. The van der Waals surface area contributed by atoms with E-state index in [0.717, 1.165) is 29.7 Å². The molecule has 1 heterocycles. The average molecular weight is 317 g/mol. The van der Waals surface area contributed by atoms with E-state index >= 15 is 0 Å². The molecule has 2 aromatic carbocycles. The lowest BCUT2D eigenvalue weighted by Gasteiger charge is -2.21. The van der Waals surface area contributed by atoms with Crippen LogP contribution in [0, 0.1) is 0 Å². The fraction of sp³-hybridized carbons (Fsp3) is 0.294. The monoisotopic (exact) mass is 317 g/mol. The van der Waals surface area contributed by atoms with Crippen molar-refractivity contribution >= 4 is 15.7 Å². The molecule has 5 heteroatoms. The van der Waals surface area contributed by atoms with Crippen molar-refractivity contribution in [1.29, 1.82) is 0 Å². The Labute approximate surface area is 131 Å². The number of nitrogens with zero attached hydrogens (tertiary/aromatic N) is 1. The first kappa shape index (κ1) is 14.9. The summed E-state index contributed by atoms with van der Waals surface area (Å²) in [7, 11) is -2.12. The number of para-hydroxylation sites is 1. The summed E-state index contributed by atoms with van der Waals surface area (Å²) in [5, 5.41) is 0. The Bertz CT molecular complexity index is 799. The van der Waals surface area contributed by atoms with Gasteiger partial charge in [-0.2, -0.15) is 0 Å². The van der Waals surface area contributed by atoms with Crippen LogP contribution in [0.15, 0.2) is 47.4 Å². The van der Waals surface area contributed by atoms with Crippen molar-refractivity contribution in [1.82, 2.24) is 0 Å². The van der Waals surface area contributed by atoms with E-state index in [4.69, 9.17) is 4.74 Å². The fourth-order valence-electron chi connectivity index (χ4n) is 2.82. The van der Waals surface area contributed by atoms with Crippen LogP contribution < -0.4 is 9.04 Å². The van der Waals surface area contributed by atoms with Crippen molar-refractivity contribution < 1.29 is 13.2 Å². The smallest absolute Gasteiger partial charge is 0.268 e. The van der Waals surface area contributed by atoms with E-state index in [0.29, 0.717) is 12.3 Å². The third kappa shape index (κ3) is 2.35. The maximum atomic E-state index is 13.1. The fourth-order valence-corrected chi connectivity index (χ4v) is 4.53. The quantitative estimate of drug-likeness (QED) is 0.871. The first-order chi connectivity index (χ1) is 10.6. The van der Waals surface area contributed by atoms with Crippen LogP contribution in [0.4, 0.5) is 5.69 Å². The maximum absolute atomic E-state index is 13.1. The third-order valence-electron chi connectivity index (χ3n) is 4.05. The van der Waals surface area contributed by atoms with Crippen molar-refractivity contribution in [2.45, 2.75) is 24.7 Å². The van der Waals surface area contributed by atoms with Crippen molar-refractivity contribution in [3.63, 3.8) is 0 Å². The Balaban J connectivity index is 2.12. The third-order valence-corrected chi connectivity index (χ3v) is 5.88. The Morgan fingerprint density at radius 1 is 1.18 bits per heavy atom. The van der Waals surface area contributed by atoms with E-state index < -0.39 is 10.0 Å². The van der Waals surface area contributed by atoms with E-state index in [2.05, 4.69) is 0 Å². The molecule has 0 bridgehead atoms. The van der Waals surface area contributed by atoms with E-state index in [1.54, 1.807) is 12.1 Å². The minimum absolute atomic E-state index is 0.242. The van der Waals surface area contributed by atoms with Crippen LogP contribution in [0.1, 0.15) is 18.1 Å². The second-order valence-electron chi connectivity index (χ2n) is 5.29. The minimum Gasteiger partial charge on any atom is -0.495 e. The van der Waals surface area contributed by atoms with Gasteiger partial charge in [-0.15, -0.1) is 0 Å². The number of aryl methyl sites for hydroxylation is 1. The average Bonchev–Trinajstić information content (AvgIpc) is 2.99. The molecule has 0 amide bonds. The molecule has 4 nitrogen and oxygen atoms in total. The number of rotatable bonds is 4. The topological polar surface area (TPSA) is 46.6 Å². The zero-order valence-corrected chi connectivity index (χ0v) is 13.6. The Kier molecular flexibility index (Phi) is 3.83. The lowest BCUT2D eigenvalue weighted by molar-refractivity contribution is 0.402. The van der Waals surface area contributed by atoms with Crippen molar-refractivity contribution in [3.05, 3.63) is 53.6 Å². The highest BCUT2D eigenvalue weighted by molar-refractivity contribution is 7.93. The second kappa shape index (κ2) is 5.65. The van der Waals surface area contributed by atoms with Gasteiger partial charge in [-0.3, -0.25) is 4.31 Å². The number of ether oxygens (including phenoxy) is 1. The number of benzene rings is 2. The number of fused-ring (bicyclic) bond motifs is 1. The van der Waals surface area contributed by atoms with Gasteiger partial charge in [0.2, 0.25) is 0 Å². The summed E-state index contributed by atoms with van der Waals surface area (Å²) in [6.45, 7) is 2.48. The second-order valence-corrected chi connectivity index (χ2v) is 7.13. The van der Waals surface area contributed by atoms with Gasteiger partial charge in [0.1, 0.15) is 10.6 Å². The summed E-state index contributed by atoms with van der Waals surface area (Å²) in [6, 6.07) is 13.0. The van der Waals surface area contributed by atoms with Gasteiger partial charge < -0.3 is 4.74 Å². The first-order valence-electron chi connectivity index (χ1n) is 7.35. The molecular formula is C17H19NO3S. The van der Waals surface area contributed by atoms with Crippen LogP contribution >= 0.6 is 0 Å². The predicted molar refractivity (Wildman–Crippen MR) is 87.0 cm³/mol. The van der Waals surface area contributed by atoms with Crippen molar-refractivity contribution in [3.8, 4) is 5.75 Å². The highest BCUT2D eigenvalue weighted by Gasteiger charge is 2.32. The number of methoxy groups -OCH3 is 1. The van der Waals surface area contributed by atoms with Crippen LogP contribution in [0.2, 0.25) is 0 Å². The van der Waals surface area contributed by atoms with Crippen molar-refractivity contribution in [2.24, 2.45) is 0 Å². The van der Waals surface area contributed by atoms with Crippen molar-refractivity contribution in [2.75, 3.05) is 18.0 Å². The van der Waals surface area contributed by atoms with Gasteiger partial charge >= 0.3 is 0 Å². The number of hydrogen-bond acceptors (Lipinski definition) is 3. The standard InChI is InChI=1S/C17H19NO3S/c1-3-13-8-9-16(21-2)17(12-13)22(19,20)18-11-10-14-6-4-5-7-15(14)18/h4-9,12H,3,10-11H2,1-2H3. The predicted octanol–water partition coefficient (Wildman–Crippen LogP) is 3.01. The van der Waals surface area contributed by atoms with Crippen LogP contribution in [-0.2, 0) is 22.9 Å². The Hall–Kier alpha value is -2.01. The summed E-state index contributed by atoms with van der Waals surface area (Å²) in [4.78, 5) is 0.242. The van der Waals surface area contributed by atoms with Gasteiger partial charge in [-0.05, 0) is 42.2 Å². The minimum atomic E-state index is -3.62. The molecule has 0 unspecified atom stereocenters. The van der Waals surface area contributed by atoms with E-state index in [1.165, 1.54) is 11.4 Å². The van der Waals surface area contributed by atoms with Gasteiger partial charge in [0.05, 0.1) is 12.8 Å². The zero-order chi connectivity index (χ0) is 15.7. The molecule has 0 atom stereocenters. The van der Waals surface area contributed by atoms with E-state index in [1.807, 2.05) is 37.3 Å². The molecule has 0 saturated heterocycles. The SMILES string of the molecule is CCc1ccc(OC)c(S(=O)(=O)N2CCc3ccccc32)c1. The summed E-state index contributed by atoms with van der Waals surface area (Å²) in [6.07, 6.45) is 1.52. The summed E-state index contributed by atoms with van der Waals surface area (Å²) in [5.74, 6) is 0.390. The van der Waals surface area contributed by atoms with E-state index in [9.17, 15) is 8.42 Å². The molecule has 0 aromatic heterocycles. The van der Waals surface area contributed by atoms with E-state index in [-0.39, 0.29) is 4.90 Å². The van der Waals surface area contributed by atoms with Crippen LogP contribution in [0.5, 0.6) is 5.75 Å². The molecule has 0 radical (unpaired) electrons. The molecule has 0 fully saturated rings. The number of sulfonamides is 1. The molecule has 0 spiro atoms. The molecule has 0 N–H and O–H groups in total. The van der Waals surface area contributed by atoms with Gasteiger partial charge in [0, 0.05) is 6.54 Å². The lowest BCUT2D eigenvalue weighted by atomic mass is 10.2. The van der Waals surface area contributed by atoms with Gasteiger partial charge in [-0.1, -0.05) is 31.2 Å². The molecule has 116 valence electrons. The Morgan fingerprint density at radius 3 is 2.68 bits per heavy atom. The van der Waals surface area contributed by atoms with Gasteiger partial charge in [0.15, 0.2) is 0 Å². The van der Waals surface area contributed by atoms with Crippen LogP contribution in [0.3, 0.4) is 0 Å². The molecule has 22 heavy (non-hydrogen) atoms. The molecule has 0 saturated carbocycles. The van der Waals surface area contributed by atoms with Crippen LogP contribution in [0.25, 0.3) is 0 Å². The zero-order valence-electron chi connectivity index (χ0n) is 12.7. The maximum Gasteiger partial charge on any atom is 0.268 e. The first-order valence-corrected chi connectivity index (χ1v) is 8.79.